The molecule has 1 aliphatic rings. The summed E-state index contributed by atoms with van der Waals surface area (Å²) >= 11 is 0. The standard InChI is InChI=1S/C24H31NO4S/c1-4-22(18-11-14-21(15-12-18)30(3,27)28)25-24(26)23(5-2)29-20-13-10-17-8-6-7-9-19(17)16-20/h10-16,22-23H,4-9H2,1-3H3,(H,25,26)/t22-,23+/m1/s1. The summed E-state index contributed by atoms with van der Waals surface area (Å²) in [4.78, 5) is 13.2. The Bertz CT molecular complexity index is 983. The van der Waals surface area contributed by atoms with E-state index < -0.39 is 15.9 Å². The van der Waals surface area contributed by atoms with E-state index in [1.807, 2.05) is 19.9 Å². The van der Waals surface area contributed by atoms with Crippen molar-refractivity contribution in [1.82, 2.24) is 5.32 Å². The summed E-state index contributed by atoms with van der Waals surface area (Å²) < 4.78 is 29.4. The molecule has 0 unspecified atom stereocenters. The largest absolute Gasteiger partial charge is 0.481 e. The van der Waals surface area contributed by atoms with Crippen LogP contribution in [0.5, 0.6) is 5.75 Å². The molecule has 5 nitrogen and oxygen atoms in total. The lowest BCUT2D eigenvalue weighted by Crippen LogP contribution is -2.40. The second kappa shape index (κ2) is 9.65. The minimum Gasteiger partial charge on any atom is -0.481 e. The van der Waals surface area contributed by atoms with Crippen LogP contribution >= 0.6 is 0 Å². The number of sulfone groups is 1. The summed E-state index contributed by atoms with van der Waals surface area (Å²) in [7, 11) is -3.24. The quantitative estimate of drug-likeness (QED) is 0.675. The fourth-order valence-electron chi connectivity index (χ4n) is 3.90. The molecule has 0 aromatic heterocycles. The average Bonchev–Trinajstić information content (AvgIpc) is 2.75. The van der Waals surface area contributed by atoms with Gasteiger partial charge in [0.25, 0.3) is 5.91 Å². The van der Waals surface area contributed by atoms with Crippen molar-refractivity contribution in [2.45, 2.75) is 69.4 Å². The van der Waals surface area contributed by atoms with Gasteiger partial charge < -0.3 is 10.1 Å². The van der Waals surface area contributed by atoms with Crippen molar-refractivity contribution in [3.8, 4) is 5.75 Å². The van der Waals surface area contributed by atoms with Crippen LogP contribution < -0.4 is 10.1 Å². The smallest absolute Gasteiger partial charge is 0.261 e. The molecule has 2 aromatic rings. The summed E-state index contributed by atoms with van der Waals surface area (Å²) in [5, 5.41) is 3.06. The number of hydrogen-bond donors (Lipinski definition) is 1. The molecular formula is C24H31NO4S. The molecule has 0 fully saturated rings. The molecule has 162 valence electrons. The molecule has 2 aromatic carbocycles. The van der Waals surface area contributed by atoms with Gasteiger partial charge in [-0.2, -0.15) is 0 Å². The lowest BCUT2D eigenvalue weighted by molar-refractivity contribution is -0.128. The van der Waals surface area contributed by atoms with Crippen LogP contribution in [0.4, 0.5) is 0 Å². The van der Waals surface area contributed by atoms with Crippen LogP contribution in [-0.2, 0) is 27.5 Å². The highest BCUT2D eigenvalue weighted by Gasteiger charge is 2.23. The van der Waals surface area contributed by atoms with E-state index in [9.17, 15) is 13.2 Å². The van der Waals surface area contributed by atoms with Crippen LogP contribution in [0.15, 0.2) is 47.4 Å². The number of ether oxygens (including phenoxy) is 1. The normalized spacial score (nSPS) is 15.7. The molecule has 0 aliphatic heterocycles. The molecule has 3 rings (SSSR count). The Labute approximate surface area is 179 Å². The number of amides is 1. The molecule has 0 heterocycles. The van der Waals surface area contributed by atoms with Crippen molar-refractivity contribution < 1.29 is 17.9 Å². The Hall–Kier alpha value is -2.34. The lowest BCUT2D eigenvalue weighted by atomic mass is 9.92. The van der Waals surface area contributed by atoms with Gasteiger partial charge in [0, 0.05) is 6.26 Å². The van der Waals surface area contributed by atoms with Crippen molar-refractivity contribution >= 4 is 15.7 Å². The van der Waals surface area contributed by atoms with Crippen molar-refractivity contribution in [1.29, 1.82) is 0 Å². The summed E-state index contributed by atoms with van der Waals surface area (Å²) in [6, 6.07) is 12.6. The number of rotatable bonds is 8. The fraction of sp³-hybridized carbons (Fsp3) is 0.458. The molecule has 0 saturated carbocycles. The van der Waals surface area contributed by atoms with E-state index in [4.69, 9.17) is 4.74 Å². The number of benzene rings is 2. The van der Waals surface area contributed by atoms with Crippen LogP contribution in [0.1, 0.15) is 62.3 Å². The van der Waals surface area contributed by atoms with E-state index >= 15 is 0 Å². The van der Waals surface area contributed by atoms with E-state index in [1.165, 1.54) is 30.2 Å². The predicted molar refractivity (Wildman–Crippen MR) is 119 cm³/mol. The van der Waals surface area contributed by atoms with Gasteiger partial charge in [-0.25, -0.2) is 8.42 Å². The molecular weight excluding hydrogens is 398 g/mol. The first-order valence-electron chi connectivity index (χ1n) is 10.7. The number of fused-ring (bicyclic) bond motifs is 1. The SMILES string of the molecule is CC[C@H](Oc1ccc2c(c1)CCCC2)C(=O)N[C@H](CC)c1ccc(S(C)(=O)=O)cc1. The van der Waals surface area contributed by atoms with Gasteiger partial charge in [0.2, 0.25) is 0 Å². The Morgan fingerprint density at radius 3 is 2.27 bits per heavy atom. The molecule has 0 radical (unpaired) electrons. The van der Waals surface area contributed by atoms with Crippen LogP contribution in [0.25, 0.3) is 0 Å². The maximum Gasteiger partial charge on any atom is 0.261 e. The maximum atomic E-state index is 12.9. The minimum atomic E-state index is -3.24. The van der Waals surface area contributed by atoms with E-state index in [2.05, 4.69) is 17.4 Å². The van der Waals surface area contributed by atoms with Crippen molar-refractivity contribution in [3.63, 3.8) is 0 Å². The molecule has 1 N–H and O–H groups in total. The summed E-state index contributed by atoms with van der Waals surface area (Å²) in [5.74, 6) is 0.581. The number of nitrogens with one attached hydrogen (secondary N) is 1. The Morgan fingerprint density at radius 1 is 1.00 bits per heavy atom. The van der Waals surface area contributed by atoms with Crippen molar-refractivity contribution in [3.05, 3.63) is 59.2 Å². The average molecular weight is 430 g/mol. The zero-order valence-electron chi connectivity index (χ0n) is 18.0. The van der Waals surface area contributed by atoms with Crippen LogP contribution in [0.3, 0.4) is 0 Å². The van der Waals surface area contributed by atoms with Gasteiger partial charge in [-0.15, -0.1) is 0 Å². The second-order valence-electron chi connectivity index (χ2n) is 7.96. The maximum absolute atomic E-state index is 12.9. The second-order valence-corrected chi connectivity index (χ2v) is 9.98. The number of hydrogen-bond acceptors (Lipinski definition) is 4. The summed E-state index contributed by atoms with van der Waals surface area (Å²) in [6.07, 6.45) is 6.48. The van der Waals surface area contributed by atoms with E-state index in [0.717, 1.165) is 24.2 Å². The first-order chi connectivity index (χ1) is 14.3. The van der Waals surface area contributed by atoms with Gasteiger partial charge in [-0.05, 0) is 79.5 Å². The van der Waals surface area contributed by atoms with Gasteiger partial charge in [0.05, 0.1) is 10.9 Å². The lowest BCUT2D eigenvalue weighted by Gasteiger charge is -2.23. The van der Waals surface area contributed by atoms with Gasteiger partial charge in [0.1, 0.15) is 5.75 Å². The van der Waals surface area contributed by atoms with Crippen molar-refractivity contribution in [2.75, 3.05) is 6.26 Å². The molecule has 2 atom stereocenters. The molecule has 30 heavy (non-hydrogen) atoms. The monoisotopic (exact) mass is 429 g/mol. The summed E-state index contributed by atoms with van der Waals surface area (Å²) in [6.45, 7) is 3.92. The van der Waals surface area contributed by atoms with Gasteiger partial charge in [-0.3, -0.25) is 4.79 Å². The van der Waals surface area contributed by atoms with E-state index in [-0.39, 0.29) is 16.8 Å². The minimum absolute atomic E-state index is 0.158. The van der Waals surface area contributed by atoms with Gasteiger partial charge in [-0.1, -0.05) is 32.0 Å². The van der Waals surface area contributed by atoms with Crippen LogP contribution in [0, 0.1) is 0 Å². The van der Waals surface area contributed by atoms with E-state index in [1.54, 1.807) is 24.3 Å². The first kappa shape index (κ1) is 22.3. The third kappa shape index (κ3) is 5.42. The topological polar surface area (TPSA) is 72.5 Å². The number of carbonyl (C=O) groups is 1. The third-order valence-electron chi connectivity index (χ3n) is 5.70. The van der Waals surface area contributed by atoms with E-state index in [0.29, 0.717) is 12.8 Å². The van der Waals surface area contributed by atoms with Crippen LogP contribution in [-0.4, -0.2) is 26.7 Å². The Kier molecular flexibility index (Phi) is 7.19. The van der Waals surface area contributed by atoms with Crippen LogP contribution in [0.2, 0.25) is 0 Å². The molecule has 1 amide bonds. The van der Waals surface area contributed by atoms with Crippen molar-refractivity contribution in [2.24, 2.45) is 0 Å². The molecule has 0 bridgehead atoms. The molecule has 6 heteroatoms. The Morgan fingerprint density at radius 2 is 1.67 bits per heavy atom. The fourth-order valence-corrected chi connectivity index (χ4v) is 4.53. The molecule has 0 spiro atoms. The predicted octanol–water partition coefficient (Wildman–Crippen LogP) is 4.39. The third-order valence-corrected chi connectivity index (χ3v) is 6.83. The zero-order valence-corrected chi connectivity index (χ0v) is 18.8. The highest BCUT2D eigenvalue weighted by atomic mass is 32.2. The summed E-state index contributed by atoms with van der Waals surface area (Å²) in [5.41, 5.74) is 3.59. The van der Waals surface area contributed by atoms with Gasteiger partial charge in [0.15, 0.2) is 15.9 Å². The van der Waals surface area contributed by atoms with Gasteiger partial charge >= 0.3 is 0 Å². The highest BCUT2D eigenvalue weighted by molar-refractivity contribution is 7.90. The molecule has 1 aliphatic carbocycles. The number of aryl methyl sites for hydroxylation is 2. The highest BCUT2D eigenvalue weighted by Crippen LogP contribution is 2.26. The molecule has 0 saturated heterocycles. The first-order valence-corrected chi connectivity index (χ1v) is 12.6. The number of carbonyl (C=O) groups excluding carboxylic acids is 1. The zero-order chi connectivity index (χ0) is 21.7. The Balaban J connectivity index is 1.68.